The standard InChI is InChI=1S/C30H23Cl2N5O2/c1-37(22-13-14-24(31)25(32)17-22)18-19-12-15-26-23(16-19)27(34-28(38)20-8-4-2-5-9-20)35-30(33-26)36-29(39)21-10-6-3-7-11-21/h2-17H,18H2,1H3,(H2,33,34,35,36,38,39). The molecule has 0 unspecified atom stereocenters. The van der Waals surface area contributed by atoms with Crippen LogP contribution in [0.4, 0.5) is 17.5 Å². The molecule has 4 aromatic carbocycles. The molecule has 0 bridgehead atoms. The normalized spacial score (nSPS) is 10.7. The molecule has 9 heteroatoms. The van der Waals surface area contributed by atoms with Crippen molar-refractivity contribution in [2.75, 3.05) is 22.6 Å². The van der Waals surface area contributed by atoms with Gasteiger partial charge in [-0.2, -0.15) is 4.98 Å². The number of nitrogens with one attached hydrogen (secondary N) is 2. The summed E-state index contributed by atoms with van der Waals surface area (Å²) in [5, 5.41) is 7.23. The highest BCUT2D eigenvalue weighted by molar-refractivity contribution is 6.42. The zero-order valence-electron chi connectivity index (χ0n) is 20.9. The van der Waals surface area contributed by atoms with Crippen LogP contribution in [0.1, 0.15) is 26.3 Å². The zero-order valence-corrected chi connectivity index (χ0v) is 22.4. The average Bonchev–Trinajstić information content (AvgIpc) is 2.95. The Morgan fingerprint density at radius 1 is 0.744 bits per heavy atom. The van der Waals surface area contributed by atoms with Crippen LogP contribution in [-0.4, -0.2) is 28.8 Å². The van der Waals surface area contributed by atoms with Gasteiger partial charge in [0.05, 0.1) is 15.6 Å². The first-order valence-electron chi connectivity index (χ1n) is 12.1. The molecule has 5 aromatic rings. The Labute approximate surface area is 235 Å². The van der Waals surface area contributed by atoms with Crippen LogP contribution in [0.5, 0.6) is 0 Å². The molecule has 5 rings (SSSR count). The van der Waals surface area contributed by atoms with Crippen LogP contribution in [0.2, 0.25) is 10.0 Å². The van der Waals surface area contributed by atoms with Crippen LogP contribution in [0.3, 0.4) is 0 Å². The summed E-state index contributed by atoms with van der Waals surface area (Å²) in [5.74, 6) is -0.305. The van der Waals surface area contributed by atoms with E-state index in [1.165, 1.54) is 0 Å². The van der Waals surface area contributed by atoms with E-state index in [-0.39, 0.29) is 23.6 Å². The van der Waals surface area contributed by atoms with E-state index in [1.807, 2.05) is 48.3 Å². The molecule has 1 aromatic heterocycles. The van der Waals surface area contributed by atoms with E-state index >= 15 is 0 Å². The van der Waals surface area contributed by atoms with Crippen LogP contribution < -0.4 is 15.5 Å². The lowest BCUT2D eigenvalue weighted by atomic mass is 10.1. The number of hydrogen-bond donors (Lipinski definition) is 2. The number of rotatable bonds is 7. The molecule has 0 fully saturated rings. The lowest BCUT2D eigenvalue weighted by molar-refractivity contribution is 0.101. The van der Waals surface area contributed by atoms with Gasteiger partial charge in [-0.15, -0.1) is 0 Å². The average molecular weight is 556 g/mol. The molecule has 0 atom stereocenters. The maximum atomic E-state index is 13.0. The lowest BCUT2D eigenvalue weighted by Crippen LogP contribution is -2.18. The van der Waals surface area contributed by atoms with Crippen LogP contribution >= 0.6 is 23.2 Å². The molecule has 0 saturated carbocycles. The number of benzene rings is 4. The van der Waals surface area contributed by atoms with Crippen molar-refractivity contribution < 1.29 is 9.59 Å². The second-order valence-corrected chi connectivity index (χ2v) is 9.66. The van der Waals surface area contributed by atoms with E-state index in [0.717, 1.165) is 11.3 Å². The summed E-state index contributed by atoms with van der Waals surface area (Å²) in [6.07, 6.45) is 0. The molecule has 2 N–H and O–H groups in total. The topological polar surface area (TPSA) is 87.2 Å². The number of nitrogens with zero attached hydrogens (tertiary/aromatic N) is 3. The number of carbonyl (C=O) groups excluding carboxylic acids is 2. The Hall–Kier alpha value is -4.46. The summed E-state index contributed by atoms with van der Waals surface area (Å²) in [6.45, 7) is 0.548. The van der Waals surface area contributed by atoms with Crippen molar-refractivity contribution in [2.45, 2.75) is 6.54 Å². The summed E-state index contributed by atoms with van der Waals surface area (Å²) in [4.78, 5) is 36.9. The second-order valence-electron chi connectivity index (χ2n) is 8.84. The first-order chi connectivity index (χ1) is 18.9. The minimum Gasteiger partial charge on any atom is -0.370 e. The smallest absolute Gasteiger partial charge is 0.258 e. The molecule has 0 aliphatic rings. The van der Waals surface area contributed by atoms with Crippen molar-refractivity contribution in [3.05, 3.63) is 124 Å². The molecule has 0 radical (unpaired) electrons. The van der Waals surface area contributed by atoms with Crippen molar-refractivity contribution in [3.8, 4) is 0 Å². The highest BCUT2D eigenvalue weighted by Crippen LogP contribution is 2.29. The van der Waals surface area contributed by atoms with Crippen molar-refractivity contribution in [1.82, 2.24) is 9.97 Å². The van der Waals surface area contributed by atoms with Crippen molar-refractivity contribution in [1.29, 1.82) is 0 Å². The lowest BCUT2D eigenvalue weighted by Gasteiger charge is -2.20. The van der Waals surface area contributed by atoms with Crippen LogP contribution in [-0.2, 0) is 6.54 Å². The third-order valence-corrected chi connectivity index (χ3v) is 6.79. The summed E-state index contributed by atoms with van der Waals surface area (Å²) < 4.78 is 0. The number of halogens is 2. The Balaban J connectivity index is 1.49. The molecule has 1 heterocycles. The molecule has 0 aliphatic carbocycles. The van der Waals surface area contributed by atoms with Gasteiger partial charge in [-0.05, 0) is 60.2 Å². The molecule has 2 amide bonds. The quantitative estimate of drug-likeness (QED) is 0.224. The van der Waals surface area contributed by atoms with Crippen molar-refractivity contribution in [2.24, 2.45) is 0 Å². The second kappa shape index (κ2) is 11.5. The van der Waals surface area contributed by atoms with E-state index in [2.05, 4.69) is 20.6 Å². The highest BCUT2D eigenvalue weighted by Gasteiger charge is 2.16. The molecule has 0 spiro atoms. The first-order valence-corrected chi connectivity index (χ1v) is 12.8. The highest BCUT2D eigenvalue weighted by atomic mass is 35.5. The van der Waals surface area contributed by atoms with Gasteiger partial charge in [0.1, 0.15) is 5.82 Å². The summed E-state index contributed by atoms with van der Waals surface area (Å²) in [7, 11) is 1.95. The van der Waals surface area contributed by atoms with E-state index < -0.39 is 0 Å². The zero-order chi connectivity index (χ0) is 27.4. The van der Waals surface area contributed by atoms with Gasteiger partial charge >= 0.3 is 0 Å². The van der Waals surface area contributed by atoms with Gasteiger partial charge in [0.15, 0.2) is 0 Å². The maximum absolute atomic E-state index is 13.0. The van der Waals surface area contributed by atoms with Gasteiger partial charge < -0.3 is 10.2 Å². The van der Waals surface area contributed by atoms with Crippen LogP contribution in [0.25, 0.3) is 10.9 Å². The number of amides is 2. The van der Waals surface area contributed by atoms with Crippen LogP contribution in [0, 0.1) is 0 Å². The Bertz CT molecular complexity index is 1660. The maximum Gasteiger partial charge on any atom is 0.258 e. The van der Waals surface area contributed by atoms with E-state index in [0.29, 0.717) is 38.6 Å². The minimum atomic E-state index is -0.352. The predicted octanol–water partition coefficient (Wildman–Crippen LogP) is 7.08. The molecule has 0 saturated heterocycles. The molecular formula is C30H23Cl2N5O2. The van der Waals surface area contributed by atoms with Crippen molar-refractivity contribution >= 4 is 63.4 Å². The summed E-state index contributed by atoms with van der Waals surface area (Å²) in [5.41, 5.74) is 3.37. The number of aromatic nitrogens is 2. The molecule has 39 heavy (non-hydrogen) atoms. The molecule has 7 nitrogen and oxygen atoms in total. The van der Waals surface area contributed by atoms with Gasteiger partial charge in [0, 0.05) is 35.8 Å². The third kappa shape index (κ3) is 6.17. The van der Waals surface area contributed by atoms with Gasteiger partial charge in [0.2, 0.25) is 5.95 Å². The fraction of sp³-hybridized carbons (Fsp3) is 0.0667. The Morgan fingerprint density at radius 3 is 2.03 bits per heavy atom. The number of carbonyl (C=O) groups is 2. The van der Waals surface area contributed by atoms with Crippen LogP contribution in [0.15, 0.2) is 97.1 Å². The van der Waals surface area contributed by atoms with Gasteiger partial charge in [-0.3, -0.25) is 14.9 Å². The number of hydrogen-bond acceptors (Lipinski definition) is 5. The molecule has 194 valence electrons. The van der Waals surface area contributed by atoms with Crippen molar-refractivity contribution in [3.63, 3.8) is 0 Å². The Kier molecular flexibility index (Phi) is 7.72. The monoisotopic (exact) mass is 555 g/mol. The third-order valence-electron chi connectivity index (χ3n) is 6.05. The Morgan fingerprint density at radius 2 is 1.38 bits per heavy atom. The van der Waals surface area contributed by atoms with E-state index in [9.17, 15) is 9.59 Å². The number of anilines is 3. The fourth-order valence-corrected chi connectivity index (χ4v) is 4.34. The SMILES string of the molecule is CN(Cc1ccc2nc(NC(=O)c3ccccc3)nc(NC(=O)c3ccccc3)c2c1)c1ccc(Cl)c(Cl)c1. The summed E-state index contributed by atoms with van der Waals surface area (Å²) >= 11 is 12.3. The van der Waals surface area contributed by atoms with Gasteiger partial charge in [-0.1, -0.05) is 65.7 Å². The predicted molar refractivity (Wildman–Crippen MR) is 157 cm³/mol. The molecular weight excluding hydrogens is 533 g/mol. The first kappa shape index (κ1) is 26.2. The largest absolute Gasteiger partial charge is 0.370 e. The summed E-state index contributed by atoms with van der Waals surface area (Å²) in [6, 6.07) is 28.8. The van der Waals surface area contributed by atoms with E-state index in [4.69, 9.17) is 23.2 Å². The van der Waals surface area contributed by atoms with Gasteiger partial charge in [-0.25, -0.2) is 4.98 Å². The van der Waals surface area contributed by atoms with Gasteiger partial charge in [0.25, 0.3) is 11.8 Å². The fourth-order valence-electron chi connectivity index (χ4n) is 4.05. The molecule has 0 aliphatic heterocycles. The van der Waals surface area contributed by atoms with E-state index in [1.54, 1.807) is 60.7 Å². The number of fused-ring (bicyclic) bond motifs is 1. The minimum absolute atomic E-state index is 0.0837.